The number of carbonyl (C=O) groups excluding carboxylic acids is 2. The third-order valence-electron chi connectivity index (χ3n) is 6.29. The maximum atomic E-state index is 13.4. The Labute approximate surface area is 208 Å². The van der Waals surface area contributed by atoms with Gasteiger partial charge in [0.1, 0.15) is 5.82 Å². The lowest BCUT2D eigenvalue weighted by Gasteiger charge is -2.12. The second kappa shape index (κ2) is 9.92. The molecule has 0 spiro atoms. The number of para-hydroxylation sites is 1. The Morgan fingerprint density at radius 1 is 0.914 bits per heavy atom. The van der Waals surface area contributed by atoms with Gasteiger partial charge < -0.3 is 4.57 Å². The molecule has 1 aliphatic rings. The zero-order valence-electron chi connectivity index (χ0n) is 19.4. The van der Waals surface area contributed by atoms with Crippen LogP contribution in [0.5, 0.6) is 0 Å². The Hall–Kier alpha value is -3.64. The third kappa shape index (κ3) is 4.80. The van der Waals surface area contributed by atoms with Crippen molar-refractivity contribution in [1.29, 1.82) is 0 Å². The molecule has 6 heteroatoms. The molecule has 2 amide bonds. The van der Waals surface area contributed by atoms with Crippen LogP contribution in [0.25, 0.3) is 17.0 Å². The number of hydrogen-bond acceptors (Lipinski definition) is 3. The summed E-state index contributed by atoms with van der Waals surface area (Å²) in [6.45, 7) is 3.06. The fraction of sp³-hybridized carbons (Fsp3) is 0.172. The van der Waals surface area contributed by atoms with Crippen molar-refractivity contribution in [2.24, 2.45) is 0 Å². The van der Waals surface area contributed by atoms with Gasteiger partial charge in [0.15, 0.2) is 0 Å². The molecule has 0 atom stereocenters. The number of rotatable bonds is 7. The van der Waals surface area contributed by atoms with Crippen molar-refractivity contribution in [3.05, 3.63) is 112 Å². The number of thioether (sulfide) groups is 1. The van der Waals surface area contributed by atoms with E-state index in [0.29, 0.717) is 24.4 Å². The molecule has 0 bridgehead atoms. The van der Waals surface area contributed by atoms with Gasteiger partial charge in [0.2, 0.25) is 0 Å². The second-order valence-corrected chi connectivity index (χ2v) is 9.57. The Kier molecular flexibility index (Phi) is 6.55. The summed E-state index contributed by atoms with van der Waals surface area (Å²) in [6, 6.07) is 22.5. The summed E-state index contributed by atoms with van der Waals surface area (Å²) in [5, 5.41) is 0.795. The lowest BCUT2D eigenvalue weighted by atomic mass is 10.1. The number of amides is 2. The number of carbonyl (C=O) groups is 2. The van der Waals surface area contributed by atoms with Crippen LogP contribution in [0.15, 0.2) is 83.9 Å². The van der Waals surface area contributed by atoms with Gasteiger partial charge in [-0.1, -0.05) is 67.6 Å². The minimum absolute atomic E-state index is 0.235. The first kappa shape index (κ1) is 23.1. The molecule has 176 valence electrons. The lowest BCUT2D eigenvalue weighted by Crippen LogP contribution is -2.30. The molecule has 1 fully saturated rings. The number of benzene rings is 3. The highest BCUT2D eigenvalue weighted by Gasteiger charge is 2.34. The number of hydrogen-bond donors (Lipinski definition) is 0. The number of aromatic nitrogens is 1. The monoisotopic (exact) mass is 484 g/mol. The highest BCUT2D eigenvalue weighted by Crippen LogP contribution is 2.35. The number of halogens is 1. The SMILES string of the molecule is CCc1cccc2c(/C=C3\SC(=O)N(CCc4ccccc4)C3=O)cn(Cc3ccc(F)cc3)c12. The summed E-state index contributed by atoms with van der Waals surface area (Å²) >= 11 is 0.993. The van der Waals surface area contributed by atoms with E-state index in [1.807, 2.05) is 54.7 Å². The largest absolute Gasteiger partial charge is 0.342 e. The van der Waals surface area contributed by atoms with Gasteiger partial charge in [-0.15, -0.1) is 0 Å². The molecule has 0 N–H and O–H groups in total. The zero-order chi connectivity index (χ0) is 24.4. The van der Waals surface area contributed by atoms with E-state index in [1.165, 1.54) is 22.6 Å². The molecule has 0 radical (unpaired) electrons. The summed E-state index contributed by atoms with van der Waals surface area (Å²) in [7, 11) is 0. The van der Waals surface area contributed by atoms with Gasteiger partial charge in [-0.05, 0) is 59.5 Å². The van der Waals surface area contributed by atoms with Gasteiger partial charge in [-0.25, -0.2) is 4.39 Å². The van der Waals surface area contributed by atoms with E-state index in [4.69, 9.17) is 0 Å². The van der Waals surface area contributed by atoms with E-state index in [1.54, 1.807) is 12.1 Å². The average Bonchev–Trinajstić information content (AvgIpc) is 3.35. The summed E-state index contributed by atoms with van der Waals surface area (Å²) in [5.41, 5.74) is 5.26. The van der Waals surface area contributed by atoms with Crippen molar-refractivity contribution in [3.63, 3.8) is 0 Å². The van der Waals surface area contributed by atoms with Crippen molar-refractivity contribution in [1.82, 2.24) is 9.47 Å². The van der Waals surface area contributed by atoms with Gasteiger partial charge >= 0.3 is 0 Å². The molecule has 4 aromatic rings. The van der Waals surface area contributed by atoms with E-state index < -0.39 is 0 Å². The summed E-state index contributed by atoms with van der Waals surface area (Å²) in [5.74, 6) is -0.508. The van der Waals surface area contributed by atoms with Gasteiger partial charge in [-0.3, -0.25) is 14.5 Å². The molecule has 4 nitrogen and oxygen atoms in total. The summed E-state index contributed by atoms with van der Waals surface area (Å²) in [6.07, 6.45) is 5.34. The Bertz CT molecular complexity index is 1420. The van der Waals surface area contributed by atoms with Crippen LogP contribution >= 0.6 is 11.8 Å². The van der Waals surface area contributed by atoms with Crippen LogP contribution in [-0.2, 0) is 24.2 Å². The fourth-order valence-corrected chi connectivity index (χ4v) is 5.35. The molecule has 3 aromatic carbocycles. The minimum atomic E-state index is -0.260. The first-order valence-electron chi connectivity index (χ1n) is 11.7. The molecule has 0 unspecified atom stereocenters. The predicted molar refractivity (Wildman–Crippen MR) is 140 cm³/mol. The number of imide groups is 1. The van der Waals surface area contributed by atoms with Crippen LogP contribution < -0.4 is 0 Å². The van der Waals surface area contributed by atoms with E-state index in [2.05, 4.69) is 17.6 Å². The normalized spacial score (nSPS) is 15.0. The van der Waals surface area contributed by atoms with Crippen LogP contribution in [0, 0.1) is 5.82 Å². The van der Waals surface area contributed by atoms with E-state index in [0.717, 1.165) is 45.8 Å². The maximum Gasteiger partial charge on any atom is 0.293 e. The molecule has 1 saturated heterocycles. The molecule has 1 aromatic heterocycles. The van der Waals surface area contributed by atoms with E-state index in [9.17, 15) is 14.0 Å². The van der Waals surface area contributed by atoms with Crippen LogP contribution in [0.2, 0.25) is 0 Å². The van der Waals surface area contributed by atoms with Gasteiger partial charge in [0, 0.05) is 30.2 Å². The topological polar surface area (TPSA) is 42.3 Å². The number of fused-ring (bicyclic) bond motifs is 1. The zero-order valence-corrected chi connectivity index (χ0v) is 20.2. The van der Waals surface area contributed by atoms with Crippen molar-refractivity contribution < 1.29 is 14.0 Å². The van der Waals surface area contributed by atoms with E-state index >= 15 is 0 Å². The Morgan fingerprint density at radius 3 is 2.43 bits per heavy atom. The Balaban J connectivity index is 1.46. The van der Waals surface area contributed by atoms with Gasteiger partial charge in [-0.2, -0.15) is 0 Å². The lowest BCUT2D eigenvalue weighted by molar-refractivity contribution is -0.122. The fourth-order valence-electron chi connectivity index (χ4n) is 4.50. The maximum absolute atomic E-state index is 13.4. The van der Waals surface area contributed by atoms with Crippen molar-refractivity contribution >= 4 is 39.9 Å². The smallest absolute Gasteiger partial charge is 0.293 e. The summed E-state index contributed by atoms with van der Waals surface area (Å²) in [4.78, 5) is 27.5. The Morgan fingerprint density at radius 2 is 1.69 bits per heavy atom. The number of nitrogens with zero attached hydrogens (tertiary/aromatic N) is 2. The molecule has 0 aliphatic carbocycles. The van der Waals surface area contributed by atoms with Crippen LogP contribution in [-0.4, -0.2) is 27.2 Å². The predicted octanol–water partition coefficient (Wildman–Crippen LogP) is 6.67. The molecular formula is C29H25FN2O2S. The second-order valence-electron chi connectivity index (χ2n) is 8.57. The molecular weight excluding hydrogens is 459 g/mol. The standard InChI is InChI=1S/C29H25FN2O2S/c1-2-22-9-6-10-25-23(19-31(27(22)25)18-21-11-13-24(30)14-12-21)17-26-28(33)32(29(34)35-26)16-15-20-7-4-3-5-8-20/h3-14,17,19H,2,15-16,18H2,1H3/b26-17-. The highest BCUT2D eigenvalue weighted by atomic mass is 32.2. The molecule has 5 rings (SSSR count). The molecule has 0 saturated carbocycles. The van der Waals surface area contributed by atoms with Crippen molar-refractivity contribution in [3.8, 4) is 0 Å². The van der Waals surface area contributed by atoms with Crippen LogP contribution in [0.3, 0.4) is 0 Å². The summed E-state index contributed by atoms with van der Waals surface area (Å²) < 4.78 is 15.5. The van der Waals surface area contributed by atoms with Crippen molar-refractivity contribution in [2.45, 2.75) is 26.3 Å². The van der Waals surface area contributed by atoms with Crippen LogP contribution in [0.4, 0.5) is 9.18 Å². The van der Waals surface area contributed by atoms with E-state index in [-0.39, 0.29) is 17.0 Å². The minimum Gasteiger partial charge on any atom is -0.342 e. The molecule has 2 heterocycles. The third-order valence-corrected chi connectivity index (χ3v) is 7.19. The number of aryl methyl sites for hydroxylation is 1. The quantitative estimate of drug-likeness (QED) is 0.275. The first-order valence-corrected chi connectivity index (χ1v) is 12.5. The van der Waals surface area contributed by atoms with Crippen molar-refractivity contribution in [2.75, 3.05) is 6.54 Å². The first-order chi connectivity index (χ1) is 17.0. The molecule has 35 heavy (non-hydrogen) atoms. The average molecular weight is 485 g/mol. The van der Waals surface area contributed by atoms with Gasteiger partial charge in [0.05, 0.1) is 10.4 Å². The molecule has 1 aliphatic heterocycles. The highest BCUT2D eigenvalue weighted by molar-refractivity contribution is 8.18. The van der Waals surface area contributed by atoms with Gasteiger partial charge in [0.25, 0.3) is 11.1 Å². The van der Waals surface area contributed by atoms with Crippen LogP contribution in [0.1, 0.15) is 29.2 Å².